The number of hydrogen-bond donors (Lipinski definition) is 1. The Morgan fingerprint density at radius 1 is 1.53 bits per heavy atom. The molecule has 2 heterocycles. The zero-order chi connectivity index (χ0) is 12.4. The number of nitrogens with two attached hydrogens (primary N) is 1. The molecule has 0 radical (unpaired) electrons. The third-order valence-electron chi connectivity index (χ3n) is 3.23. The molecule has 0 saturated carbocycles. The Morgan fingerprint density at radius 3 is 2.94 bits per heavy atom. The average molecular weight is 250 g/mol. The van der Waals surface area contributed by atoms with Gasteiger partial charge >= 0.3 is 0 Å². The second kappa shape index (κ2) is 4.96. The fourth-order valence-electron chi connectivity index (χ4n) is 2.26. The van der Waals surface area contributed by atoms with Crippen LogP contribution in [0.15, 0.2) is 6.20 Å². The standard InChI is InChI=1S/C12H18N4S/c1-8-5-3-4-6-16(8)12-10(11(13)17)7-14-9(2)15-12/h7-8H,3-6H2,1-2H3,(H2,13,17). The van der Waals surface area contributed by atoms with E-state index in [1.165, 1.54) is 19.3 Å². The number of aryl methyl sites for hydroxylation is 1. The number of nitrogens with zero attached hydrogens (tertiary/aromatic N) is 3. The van der Waals surface area contributed by atoms with Crippen molar-refractivity contribution in [2.75, 3.05) is 11.4 Å². The van der Waals surface area contributed by atoms with Gasteiger partial charge in [-0.1, -0.05) is 12.2 Å². The Bertz CT molecular complexity index is 433. The van der Waals surface area contributed by atoms with E-state index in [0.717, 1.165) is 23.8 Å². The van der Waals surface area contributed by atoms with Crippen molar-refractivity contribution in [3.8, 4) is 0 Å². The third kappa shape index (κ3) is 2.54. The van der Waals surface area contributed by atoms with Crippen LogP contribution < -0.4 is 10.6 Å². The maximum absolute atomic E-state index is 5.74. The van der Waals surface area contributed by atoms with Gasteiger partial charge in [0.2, 0.25) is 0 Å². The van der Waals surface area contributed by atoms with Crippen LogP contribution in [0.2, 0.25) is 0 Å². The summed E-state index contributed by atoms with van der Waals surface area (Å²) in [4.78, 5) is 11.4. The number of hydrogen-bond acceptors (Lipinski definition) is 4. The number of aromatic nitrogens is 2. The second-order valence-corrected chi connectivity index (χ2v) is 5.00. The summed E-state index contributed by atoms with van der Waals surface area (Å²) in [5.41, 5.74) is 6.53. The van der Waals surface area contributed by atoms with Gasteiger partial charge in [0.05, 0.1) is 5.56 Å². The molecule has 1 aromatic heterocycles. The minimum Gasteiger partial charge on any atom is -0.389 e. The Balaban J connectivity index is 2.41. The van der Waals surface area contributed by atoms with Crippen LogP contribution in [0.25, 0.3) is 0 Å². The lowest BCUT2D eigenvalue weighted by Gasteiger charge is -2.35. The lowest BCUT2D eigenvalue weighted by Crippen LogP contribution is -2.39. The molecule has 92 valence electrons. The van der Waals surface area contributed by atoms with Crippen molar-refractivity contribution in [2.45, 2.75) is 39.2 Å². The van der Waals surface area contributed by atoms with Crippen LogP contribution in [-0.4, -0.2) is 27.5 Å². The van der Waals surface area contributed by atoms with E-state index in [1.54, 1.807) is 6.20 Å². The van der Waals surface area contributed by atoms with Crippen molar-refractivity contribution in [2.24, 2.45) is 5.73 Å². The van der Waals surface area contributed by atoms with E-state index in [9.17, 15) is 0 Å². The van der Waals surface area contributed by atoms with Gasteiger partial charge in [-0.3, -0.25) is 0 Å². The summed E-state index contributed by atoms with van der Waals surface area (Å²) in [6, 6.07) is 0.492. The van der Waals surface area contributed by atoms with Crippen LogP contribution >= 0.6 is 12.2 Å². The average Bonchev–Trinajstić information content (AvgIpc) is 2.29. The Kier molecular flexibility index (Phi) is 3.57. The molecule has 1 aliphatic rings. The zero-order valence-corrected chi connectivity index (χ0v) is 11.1. The van der Waals surface area contributed by atoms with E-state index in [2.05, 4.69) is 21.8 Å². The molecule has 1 atom stereocenters. The van der Waals surface area contributed by atoms with Crippen molar-refractivity contribution in [1.29, 1.82) is 0 Å². The van der Waals surface area contributed by atoms with E-state index in [4.69, 9.17) is 18.0 Å². The summed E-state index contributed by atoms with van der Waals surface area (Å²) in [6.07, 6.45) is 5.41. The molecule has 0 aromatic carbocycles. The normalized spacial score (nSPS) is 20.4. The van der Waals surface area contributed by atoms with Crippen molar-refractivity contribution < 1.29 is 0 Å². The first-order valence-electron chi connectivity index (χ1n) is 5.99. The molecule has 1 aliphatic heterocycles. The van der Waals surface area contributed by atoms with Gasteiger partial charge in [-0.2, -0.15) is 0 Å². The van der Waals surface area contributed by atoms with E-state index >= 15 is 0 Å². The van der Waals surface area contributed by atoms with Crippen LogP contribution in [0, 0.1) is 6.92 Å². The molecule has 1 aromatic rings. The minimum atomic E-state index is 0.373. The van der Waals surface area contributed by atoms with Gasteiger partial charge in [0.25, 0.3) is 0 Å². The third-order valence-corrected chi connectivity index (χ3v) is 3.45. The van der Waals surface area contributed by atoms with Crippen LogP contribution in [0.4, 0.5) is 5.82 Å². The molecule has 1 fully saturated rings. The van der Waals surface area contributed by atoms with E-state index in [1.807, 2.05) is 6.92 Å². The van der Waals surface area contributed by atoms with Gasteiger partial charge in [0.1, 0.15) is 16.6 Å². The van der Waals surface area contributed by atoms with Crippen molar-refractivity contribution in [3.63, 3.8) is 0 Å². The predicted molar refractivity (Wildman–Crippen MR) is 73.3 cm³/mol. The fraction of sp³-hybridized carbons (Fsp3) is 0.583. The summed E-state index contributed by atoms with van der Waals surface area (Å²) < 4.78 is 0. The van der Waals surface area contributed by atoms with Crippen molar-refractivity contribution in [3.05, 3.63) is 17.6 Å². The van der Waals surface area contributed by atoms with Crippen molar-refractivity contribution in [1.82, 2.24) is 9.97 Å². The monoisotopic (exact) mass is 250 g/mol. The van der Waals surface area contributed by atoms with E-state index in [0.29, 0.717) is 11.0 Å². The number of thiocarbonyl (C=S) groups is 1. The van der Waals surface area contributed by atoms with Crippen molar-refractivity contribution >= 4 is 23.0 Å². The topological polar surface area (TPSA) is 55.0 Å². The Hall–Kier alpha value is -1.23. The number of rotatable bonds is 2. The molecule has 4 nitrogen and oxygen atoms in total. The maximum Gasteiger partial charge on any atom is 0.142 e. The van der Waals surface area contributed by atoms with Crippen LogP contribution in [0.3, 0.4) is 0 Å². The largest absolute Gasteiger partial charge is 0.389 e. The molecule has 0 amide bonds. The molecule has 2 rings (SSSR count). The second-order valence-electron chi connectivity index (χ2n) is 4.56. The van der Waals surface area contributed by atoms with E-state index < -0.39 is 0 Å². The molecule has 1 unspecified atom stereocenters. The molecule has 5 heteroatoms. The summed E-state index contributed by atoms with van der Waals surface area (Å²) in [7, 11) is 0. The zero-order valence-electron chi connectivity index (χ0n) is 10.3. The SMILES string of the molecule is Cc1ncc(C(N)=S)c(N2CCCCC2C)n1. The van der Waals surface area contributed by atoms with Gasteiger partial charge in [0, 0.05) is 18.8 Å². The molecule has 0 aliphatic carbocycles. The molecular weight excluding hydrogens is 232 g/mol. The van der Waals surface area contributed by atoms with Gasteiger partial charge in [-0.15, -0.1) is 0 Å². The molecule has 1 saturated heterocycles. The highest BCUT2D eigenvalue weighted by Crippen LogP contribution is 2.25. The lowest BCUT2D eigenvalue weighted by atomic mass is 10.0. The number of piperidine rings is 1. The minimum absolute atomic E-state index is 0.373. The fourth-order valence-corrected chi connectivity index (χ4v) is 2.41. The summed E-state index contributed by atoms with van der Waals surface area (Å²) >= 11 is 5.07. The predicted octanol–water partition coefficient (Wildman–Crippen LogP) is 1.80. The van der Waals surface area contributed by atoms with Crippen LogP contribution in [-0.2, 0) is 0 Å². The Morgan fingerprint density at radius 2 is 2.29 bits per heavy atom. The smallest absolute Gasteiger partial charge is 0.142 e. The first-order chi connectivity index (χ1) is 8.09. The van der Waals surface area contributed by atoms with Gasteiger partial charge < -0.3 is 10.6 Å². The summed E-state index contributed by atoms with van der Waals surface area (Å²) in [5.74, 6) is 1.66. The highest BCUT2D eigenvalue weighted by molar-refractivity contribution is 7.80. The highest BCUT2D eigenvalue weighted by Gasteiger charge is 2.23. The summed E-state index contributed by atoms with van der Waals surface area (Å²) in [6.45, 7) is 5.13. The maximum atomic E-state index is 5.74. The molecule has 17 heavy (non-hydrogen) atoms. The molecule has 0 spiro atoms. The lowest BCUT2D eigenvalue weighted by molar-refractivity contribution is 0.480. The van der Waals surface area contributed by atoms with Gasteiger partial charge in [-0.05, 0) is 33.1 Å². The molecular formula is C12H18N4S. The van der Waals surface area contributed by atoms with E-state index in [-0.39, 0.29) is 0 Å². The van der Waals surface area contributed by atoms with Crippen LogP contribution in [0.1, 0.15) is 37.6 Å². The van der Waals surface area contributed by atoms with Gasteiger partial charge in [-0.25, -0.2) is 9.97 Å². The van der Waals surface area contributed by atoms with Gasteiger partial charge in [0.15, 0.2) is 0 Å². The number of anilines is 1. The molecule has 0 bridgehead atoms. The highest BCUT2D eigenvalue weighted by atomic mass is 32.1. The first kappa shape index (κ1) is 12.2. The van der Waals surface area contributed by atoms with Crippen LogP contribution in [0.5, 0.6) is 0 Å². The quantitative estimate of drug-likeness (QED) is 0.811. The summed E-state index contributed by atoms with van der Waals surface area (Å²) in [5, 5.41) is 0. The Labute approximate surface area is 107 Å². The first-order valence-corrected chi connectivity index (χ1v) is 6.40. The molecule has 2 N–H and O–H groups in total.